The fourth-order valence-corrected chi connectivity index (χ4v) is 21.3. The summed E-state index contributed by atoms with van der Waals surface area (Å²) in [6, 6.07) is 20.0. The zero-order chi connectivity index (χ0) is 62.8. The van der Waals surface area contributed by atoms with Crippen molar-refractivity contribution in [2.45, 2.75) is 178 Å². The van der Waals surface area contributed by atoms with Crippen LogP contribution in [0.25, 0.3) is 44.0 Å². The van der Waals surface area contributed by atoms with Crippen LogP contribution in [-0.4, -0.2) is 128 Å². The molecule has 3 aromatic heterocycles. The van der Waals surface area contributed by atoms with E-state index in [9.17, 15) is 24.3 Å². The second-order valence-corrected chi connectivity index (χ2v) is 32.6. The second kappa shape index (κ2) is 24.6. The van der Waals surface area contributed by atoms with Gasteiger partial charge in [-0.15, -0.1) is 0 Å². The standard InChI is InChI=1S/C69H85F2N9O8Si/c1-10-51-54(70)19-17-48-33-50(88-89(41(2)3,42(4)5)43(6)7)35-52(59(48)51)61-60(71)62-53(36-72-61)63(78-29-11-26-68(8,85)39-78)75-66(74-62)87-40-69-27-12-30-79(69)49(23-28-69)38-86-65(83)46-15-13-44(14-16-46)37-77-31-24-45(25-32-77)47-18-20-55-57(34-47)76(9)67(84)80(55)56-21-22-58(81)73-64(56)82/h13-20,33-36,41-43,45,49,56,85H,10-12,21-32,37-40H2,1-9H3,(H,73,81,82)/t49-,56?,68+,69-/m0/s1. The average molecular weight is 1230 g/mol. The van der Waals surface area contributed by atoms with Crippen molar-refractivity contribution in [3.8, 4) is 23.0 Å². The molecule has 89 heavy (non-hydrogen) atoms. The van der Waals surface area contributed by atoms with Crippen LogP contribution in [0.3, 0.4) is 0 Å². The first-order chi connectivity index (χ1) is 42.6. The Balaban J connectivity index is 0.724. The molecule has 472 valence electrons. The van der Waals surface area contributed by atoms with Crippen molar-refractivity contribution >= 4 is 64.6 Å². The molecule has 12 rings (SSSR count). The third-order valence-electron chi connectivity index (χ3n) is 20.6. The number of piperidine rings is 3. The average Bonchev–Trinajstić information content (AvgIpc) is 1.71. The maximum Gasteiger partial charge on any atom is 0.338 e. The SMILES string of the molecule is CCc1c(F)ccc2cc(O[Si](C(C)C)(C(C)C)C(C)C)cc(-c3ncc4c(N5CCC[C@@](C)(O)C5)nc(OC[C@@]56CCCN5[C@H](COC(=O)c5ccc(CN7CCC(c8ccc9c(c8)n(C)c(=O)n9C8CCC(=O)NC8=O)CC7)cc5)CC6)nc4c3F)c12. The Morgan fingerprint density at radius 2 is 1.60 bits per heavy atom. The summed E-state index contributed by atoms with van der Waals surface area (Å²) in [4.78, 5) is 73.1. The molecule has 7 aromatic rings. The lowest BCUT2D eigenvalue weighted by Crippen LogP contribution is -2.50. The number of nitrogens with zero attached hydrogens (tertiary/aromatic N) is 8. The van der Waals surface area contributed by atoms with Crippen LogP contribution in [0.5, 0.6) is 11.8 Å². The Kier molecular flexibility index (Phi) is 17.1. The molecule has 5 aliphatic rings. The summed E-state index contributed by atoms with van der Waals surface area (Å²) in [7, 11) is -0.769. The maximum atomic E-state index is 18.0. The molecule has 2 amide bonds. The van der Waals surface area contributed by atoms with Gasteiger partial charge < -0.3 is 23.9 Å². The number of imide groups is 1. The zero-order valence-corrected chi connectivity index (χ0v) is 54.0. The molecular weight excluding hydrogens is 1150 g/mol. The number of fused-ring (bicyclic) bond motifs is 4. The number of amides is 2. The Morgan fingerprint density at radius 1 is 0.854 bits per heavy atom. The number of hydrogen-bond acceptors (Lipinski definition) is 14. The number of anilines is 1. The molecule has 20 heteroatoms. The van der Waals surface area contributed by atoms with E-state index < -0.39 is 31.7 Å². The molecule has 4 aromatic carbocycles. The van der Waals surface area contributed by atoms with Crippen LogP contribution < -0.4 is 25.1 Å². The lowest BCUT2D eigenvalue weighted by atomic mass is 9.89. The molecule has 0 spiro atoms. The van der Waals surface area contributed by atoms with Gasteiger partial charge in [0.2, 0.25) is 11.8 Å². The fraction of sp³-hybridized carbons (Fsp3) is 0.522. The molecule has 1 unspecified atom stereocenters. The molecule has 5 fully saturated rings. The van der Waals surface area contributed by atoms with Gasteiger partial charge in [0.25, 0.3) is 8.32 Å². The van der Waals surface area contributed by atoms with E-state index in [1.807, 2.05) is 54.3 Å². The Morgan fingerprint density at radius 3 is 2.30 bits per heavy atom. The molecule has 17 nitrogen and oxygen atoms in total. The first kappa shape index (κ1) is 62.1. The number of benzene rings is 4. The van der Waals surface area contributed by atoms with Gasteiger partial charge in [-0.1, -0.05) is 72.7 Å². The van der Waals surface area contributed by atoms with Gasteiger partial charge in [0.05, 0.1) is 33.1 Å². The van der Waals surface area contributed by atoms with Gasteiger partial charge in [-0.3, -0.25) is 38.8 Å². The van der Waals surface area contributed by atoms with Crippen molar-refractivity contribution in [3.05, 3.63) is 117 Å². The number of likely N-dealkylation sites (tertiary alicyclic amines) is 1. The van der Waals surface area contributed by atoms with Crippen LogP contribution >= 0.6 is 0 Å². The largest absolute Gasteiger partial charge is 0.543 e. The molecular formula is C69H85F2N9O8Si. The quantitative estimate of drug-likeness (QED) is 0.0469. The van der Waals surface area contributed by atoms with Crippen LogP contribution in [0.4, 0.5) is 14.6 Å². The Bertz CT molecular complexity index is 3910. The van der Waals surface area contributed by atoms with Crippen molar-refractivity contribution in [1.82, 2.24) is 39.2 Å². The number of carbonyl (C=O) groups excluding carboxylic acids is 3. The highest BCUT2D eigenvalue weighted by molar-refractivity contribution is 6.78. The fourth-order valence-electron chi connectivity index (χ4n) is 16.1. The van der Waals surface area contributed by atoms with E-state index in [0.717, 1.165) is 86.7 Å². The van der Waals surface area contributed by atoms with Crippen molar-refractivity contribution in [2.75, 3.05) is 50.8 Å². The Labute approximate surface area is 520 Å². The monoisotopic (exact) mass is 1230 g/mol. The highest BCUT2D eigenvalue weighted by Crippen LogP contribution is 2.47. The predicted octanol–water partition coefficient (Wildman–Crippen LogP) is 11.8. The number of aromatic nitrogens is 5. The van der Waals surface area contributed by atoms with Crippen LogP contribution in [0, 0.1) is 11.6 Å². The minimum Gasteiger partial charge on any atom is -0.543 e. The molecule has 5 saturated heterocycles. The molecule has 0 radical (unpaired) electrons. The van der Waals surface area contributed by atoms with E-state index in [-0.39, 0.29) is 95.0 Å². The van der Waals surface area contributed by atoms with Crippen molar-refractivity contribution in [2.24, 2.45) is 7.05 Å². The third-order valence-corrected chi connectivity index (χ3v) is 26.6. The summed E-state index contributed by atoms with van der Waals surface area (Å²) in [6.07, 6.45) is 9.01. The number of esters is 1. The first-order valence-corrected chi connectivity index (χ1v) is 34.4. The molecule has 2 N–H and O–H groups in total. The number of nitrogens with one attached hydrogen (secondary N) is 1. The number of aliphatic hydroxyl groups is 1. The van der Waals surface area contributed by atoms with E-state index in [1.165, 1.54) is 10.6 Å². The number of aryl methyl sites for hydroxylation is 2. The summed E-state index contributed by atoms with van der Waals surface area (Å²) < 4.78 is 57.0. The Hall–Kier alpha value is -7.13. The van der Waals surface area contributed by atoms with Gasteiger partial charge in [-0.2, -0.15) is 9.97 Å². The lowest BCUT2D eigenvalue weighted by Gasteiger charge is -2.42. The van der Waals surface area contributed by atoms with Crippen LogP contribution in [0.15, 0.2) is 77.7 Å². The summed E-state index contributed by atoms with van der Waals surface area (Å²) in [6.45, 7) is 21.6. The van der Waals surface area contributed by atoms with Gasteiger partial charge in [0.1, 0.15) is 47.9 Å². The summed E-state index contributed by atoms with van der Waals surface area (Å²) in [5, 5.41) is 15.4. The van der Waals surface area contributed by atoms with E-state index in [0.29, 0.717) is 82.7 Å². The first-order valence-electron chi connectivity index (χ1n) is 32.3. The summed E-state index contributed by atoms with van der Waals surface area (Å²) >= 11 is 0. The second-order valence-electron chi connectivity index (χ2n) is 27.2. The zero-order valence-electron chi connectivity index (χ0n) is 53.0. The van der Waals surface area contributed by atoms with Crippen LogP contribution in [0.2, 0.25) is 16.6 Å². The maximum absolute atomic E-state index is 18.0. The van der Waals surface area contributed by atoms with Gasteiger partial charge in [0, 0.05) is 50.9 Å². The molecule has 0 bridgehead atoms. The topological polar surface area (TPSA) is 186 Å². The molecule has 0 saturated carbocycles. The molecule has 0 aliphatic carbocycles. The predicted molar refractivity (Wildman–Crippen MR) is 343 cm³/mol. The molecule has 4 atom stereocenters. The van der Waals surface area contributed by atoms with E-state index in [1.54, 1.807) is 30.8 Å². The van der Waals surface area contributed by atoms with Gasteiger partial charge in [0.15, 0.2) is 5.82 Å². The summed E-state index contributed by atoms with van der Waals surface area (Å²) in [5.74, 6) is -0.878. The van der Waals surface area contributed by atoms with Crippen molar-refractivity contribution in [1.29, 1.82) is 0 Å². The number of hydrogen-bond donors (Lipinski definition) is 2. The van der Waals surface area contributed by atoms with E-state index in [4.69, 9.17) is 28.9 Å². The number of carbonyl (C=O) groups is 3. The molecule has 5 aliphatic heterocycles. The molecule has 8 heterocycles. The van der Waals surface area contributed by atoms with Crippen molar-refractivity contribution < 1.29 is 42.2 Å². The van der Waals surface area contributed by atoms with Crippen LogP contribution in [-0.2, 0) is 34.3 Å². The van der Waals surface area contributed by atoms with Crippen LogP contribution in [0.1, 0.15) is 159 Å². The third kappa shape index (κ3) is 11.6. The van der Waals surface area contributed by atoms with Gasteiger partial charge >= 0.3 is 17.7 Å². The minimum atomic E-state index is -2.49. The highest BCUT2D eigenvalue weighted by Gasteiger charge is 2.51. The number of pyridine rings is 1. The number of imidazole rings is 1. The number of rotatable bonds is 18. The number of halogens is 2. The minimum absolute atomic E-state index is 0.00670. The normalized spacial score (nSPS) is 22.3. The number of β-amino-alcohol motifs (C(OH)–C–C–N with tert-alkyl or cyclic N) is 1. The van der Waals surface area contributed by atoms with E-state index >= 15 is 8.78 Å². The van der Waals surface area contributed by atoms with Gasteiger partial charge in [-0.05, 0) is 183 Å². The lowest BCUT2D eigenvalue weighted by molar-refractivity contribution is -0.135. The summed E-state index contributed by atoms with van der Waals surface area (Å²) in [5.41, 5.74) is 4.25. The highest BCUT2D eigenvalue weighted by atomic mass is 28.4. The van der Waals surface area contributed by atoms with Crippen molar-refractivity contribution in [3.63, 3.8) is 0 Å². The number of ether oxygens (including phenoxy) is 2. The van der Waals surface area contributed by atoms with E-state index in [2.05, 4.69) is 68.8 Å². The smallest absolute Gasteiger partial charge is 0.338 e. The van der Waals surface area contributed by atoms with Gasteiger partial charge in [-0.25, -0.2) is 18.4 Å².